The molecule has 1 aliphatic rings. The summed E-state index contributed by atoms with van der Waals surface area (Å²) in [6, 6.07) is 2.60. The Morgan fingerprint density at radius 3 is 2.81 bits per heavy atom. The van der Waals surface area contributed by atoms with Crippen molar-refractivity contribution in [1.82, 2.24) is 9.62 Å². The first-order chi connectivity index (χ1) is 9.91. The van der Waals surface area contributed by atoms with Gasteiger partial charge in [-0.3, -0.25) is 0 Å². The predicted octanol–water partition coefficient (Wildman–Crippen LogP) is 2.76. The molecule has 21 heavy (non-hydrogen) atoms. The van der Waals surface area contributed by atoms with Crippen LogP contribution in [0.5, 0.6) is 0 Å². The van der Waals surface area contributed by atoms with E-state index in [4.69, 9.17) is 11.6 Å². The smallest absolute Gasteiger partial charge is 0.246 e. The van der Waals surface area contributed by atoms with Gasteiger partial charge in [0.25, 0.3) is 0 Å². The number of rotatable bonds is 5. The van der Waals surface area contributed by atoms with E-state index < -0.39 is 15.8 Å². The summed E-state index contributed by atoms with van der Waals surface area (Å²) in [5.41, 5.74) is 0.260. The second kappa shape index (κ2) is 6.60. The summed E-state index contributed by atoms with van der Waals surface area (Å²) in [4.78, 5) is -0.319. The minimum atomic E-state index is -3.85. The van der Waals surface area contributed by atoms with E-state index >= 15 is 0 Å². The number of benzene rings is 1. The van der Waals surface area contributed by atoms with Crippen LogP contribution in [0, 0.1) is 5.82 Å². The molecule has 2 rings (SSSR count). The van der Waals surface area contributed by atoms with Crippen LogP contribution in [0.1, 0.15) is 31.7 Å². The molecule has 0 radical (unpaired) electrons. The molecule has 0 aromatic heterocycles. The summed E-state index contributed by atoms with van der Waals surface area (Å²) in [6.07, 6.45) is 2.36. The highest BCUT2D eigenvalue weighted by atomic mass is 35.5. The molecule has 0 bridgehead atoms. The highest BCUT2D eigenvalue weighted by molar-refractivity contribution is 7.89. The van der Waals surface area contributed by atoms with Gasteiger partial charge in [-0.1, -0.05) is 18.5 Å². The Balaban J connectivity index is 2.49. The Morgan fingerprint density at radius 2 is 2.19 bits per heavy atom. The van der Waals surface area contributed by atoms with E-state index in [2.05, 4.69) is 5.32 Å². The molecule has 1 N–H and O–H groups in total. The lowest BCUT2D eigenvalue weighted by atomic mass is 10.2. The highest BCUT2D eigenvalue weighted by Gasteiger charge is 2.36. The summed E-state index contributed by atoms with van der Waals surface area (Å²) in [6.45, 7) is 2.61. The SMILES string of the molecule is CCC1CCCN1S(=O)(=O)c1cc(Cl)cc(CNC)c1F. The van der Waals surface area contributed by atoms with Gasteiger partial charge in [-0.25, -0.2) is 12.8 Å². The number of sulfonamides is 1. The summed E-state index contributed by atoms with van der Waals surface area (Å²) in [5, 5.41) is 3.04. The molecule has 1 unspecified atom stereocenters. The Bertz CT molecular complexity index is 622. The van der Waals surface area contributed by atoms with E-state index in [1.54, 1.807) is 7.05 Å². The summed E-state index contributed by atoms with van der Waals surface area (Å²) >= 11 is 5.96. The summed E-state index contributed by atoms with van der Waals surface area (Å²) in [7, 11) is -2.18. The van der Waals surface area contributed by atoms with Crippen LogP contribution >= 0.6 is 11.6 Å². The monoisotopic (exact) mass is 334 g/mol. The lowest BCUT2D eigenvalue weighted by Crippen LogP contribution is -2.35. The molecule has 1 fully saturated rings. The van der Waals surface area contributed by atoms with Crippen molar-refractivity contribution >= 4 is 21.6 Å². The molecule has 0 amide bonds. The standard InChI is InChI=1S/C14H20ClFN2O2S/c1-3-12-5-4-6-18(12)21(19,20)13-8-11(15)7-10(9-17-2)14(13)16/h7-8,12,17H,3-6,9H2,1-2H3. The molecule has 0 saturated carbocycles. The van der Waals surface area contributed by atoms with Crippen LogP contribution in [0.3, 0.4) is 0 Å². The molecular formula is C14H20ClFN2O2S. The molecule has 1 heterocycles. The Morgan fingerprint density at radius 1 is 1.48 bits per heavy atom. The maximum Gasteiger partial charge on any atom is 0.246 e. The maximum absolute atomic E-state index is 14.5. The fourth-order valence-corrected chi connectivity index (χ4v) is 4.99. The van der Waals surface area contributed by atoms with Gasteiger partial charge < -0.3 is 5.32 Å². The summed E-state index contributed by atoms with van der Waals surface area (Å²) < 4.78 is 41.4. The van der Waals surface area contributed by atoms with E-state index in [-0.39, 0.29) is 28.1 Å². The van der Waals surface area contributed by atoms with Gasteiger partial charge in [0.2, 0.25) is 10.0 Å². The molecule has 1 saturated heterocycles. The minimum absolute atomic E-state index is 0.0545. The van der Waals surface area contributed by atoms with E-state index in [9.17, 15) is 12.8 Å². The Hall–Kier alpha value is -0.690. The zero-order chi connectivity index (χ0) is 15.6. The van der Waals surface area contributed by atoms with E-state index in [0.717, 1.165) is 19.3 Å². The lowest BCUT2D eigenvalue weighted by molar-refractivity contribution is 0.377. The topological polar surface area (TPSA) is 49.4 Å². The van der Waals surface area contributed by atoms with Crippen LogP contribution in [0.4, 0.5) is 4.39 Å². The molecule has 7 heteroatoms. The van der Waals surface area contributed by atoms with Crippen molar-refractivity contribution in [3.63, 3.8) is 0 Å². The first-order valence-corrected chi connectivity index (χ1v) is 8.88. The maximum atomic E-state index is 14.5. The fourth-order valence-electron chi connectivity index (χ4n) is 2.78. The first-order valence-electron chi connectivity index (χ1n) is 7.06. The molecule has 0 aliphatic carbocycles. The van der Waals surface area contributed by atoms with Gasteiger partial charge in [-0.2, -0.15) is 4.31 Å². The van der Waals surface area contributed by atoms with Crippen molar-refractivity contribution in [3.8, 4) is 0 Å². The third-order valence-electron chi connectivity index (χ3n) is 3.83. The van der Waals surface area contributed by atoms with Gasteiger partial charge in [-0.05, 0) is 38.4 Å². The van der Waals surface area contributed by atoms with Crippen molar-refractivity contribution < 1.29 is 12.8 Å². The molecule has 1 aromatic rings. The van der Waals surface area contributed by atoms with Crippen molar-refractivity contribution in [2.24, 2.45) is 0 Å². The highest BCUT2D eigenvalue weighted by Crippen LogP contribution is 2.31. The van der Waals surface area contributed by atoms with Crippen molar-refractivity contribution in [2.75, 3.05) is 13.6 Å². The molecule has 1 aromatic carbocycles. The third kappa shape index (κ3) is 3.23. The minimum Gasteiger partial charge on any atom is -0.316 e. The van der Waals surface area contributed by atoms with E-state index in [1.807, 2.05) is 6.92 Å². The van der Waals surface area contributed by atoms with Crippen molar-refractivity contribution in [2.45, 2.75) is 43.7 Å². The number of halogens is 2. The van der Waals surface area contributed by atoms with Gasteiger partial charge in [0.05, 0.1) is 0 Å². The fraction of sp³-hybridized carbons (Fsp3) is 0.571. The largest absolute Gasteiger partial charge is 0.316 e. The van der Waals surface area contributed by atoms with Gasteiger partial charge in [0.15, 0.2) is 0 Å². The van der Waals surface area contributed by atoms with Crippen LogP contribution < -0.4 is 5.32 Å². The average Bonchev–Trinajstić information content (AvgIpc) is 2.91. The molecule has 1 aliphatic heterocycles. The van der Waals surface area contributed by atoms with E-state index in [0.29, 0.717) is 6.54 Å². The van der Waals surface area contributed by atoms with Crippen LogP contribution in [0.15, 0.2) is 17.0 Å². The van der Waals surface area contributed by atoms with Crippen molar-refractivity contribution in [1.29, 1.82) is 0 Å². The van der Waals surface area contributed by atoms with Gasteiger partial charge in [0.1, 0.15) is 10.7 Å². The number of hydrogen-bond donors (Lipinski definition) is 1. The van der Waals surface area contributed by atoms with Gasteiger partial charge in [-0.15, -0.1) is 0 Å². The second-order valence-corrected chi connectivity index (χ2v) is 7.52. The first kappa shape index (κ1) is 16.7. The van der Waals surface area contributed by atoms with Crippen LogP contribution in [-0.2, 0) is 16.6 Å². The van der Waals surface area contributed by atoms with Crippen LogP contribution in [0.25, 0.3) is 0 Å². The second-order valence-electron chi connectivity index (χ2n) is 5.23. The molecule has 118 valence electrons. The lowest BCUT2D eigenvalue weighted by Gasteiger charge is -2.23. The molecular weight excluding hydrogens is 315 g/mol. The quantitative estimate of drug-likeness (QED) is 0.900. The zero-order valence-electron chi connectivity index (χ0n) is 12.2. The zero-order valence-corrected chi connectivity index (χ0v) is 13.8. The number of nitrogens with one attached hydrogen (secondary N) is 1. The number of hydrogen-bond acceptors (Lipinski definition) is 3. The third-order valence-corrected chi connectivity index (χ3v) is 6.00. The average molecular weight is 335 g/mol. The molecule has 4 nitrogen and oxygen atoms in total. The predicted molar refractivity (Wildman–Crippen MR) is 81.4 cm³/mol. The van der Waals surface area contributed by atoms with Crippen molar-refractivity contribution in [3.05, 3.63) is 28.5 Å². The number of nitrogens with zero attached hydrogens (tertiary/aromatic N) is 1. The summed E-state index contributed by atoms with van der Waals surface area (Å²) in [5.74, 6) is -0.712. The van der Waals surface area contributed by atoms with Gasteiger partial charge >= 0.3 is 0 Å². The van der Waals surface area contributed by atoms with E-state index in [1.165, 1.54) is 16.4 Å². The normalized spacial score (nSPS) is 20.1. The molecule has 0 spiro atoms. The van der Waals surface area contributed by atoms with Crippen LogP contribution in [0.2, 0.25) is 5.02 Å². The molecule has 1 atom stereocenters. The Labute approximate surface area is 130 Å². The van der Waals surface area contributed by atoms with Crippen LogP contribution in [-0.4, -0.2) is 32.4 Å². The van der Waals surface area contributed by atoms with Gasteiger partial charge in [0, 0.05) is 29.7 Å². The Kier molecular flexibility index (Phi) is 5.24.